The maximum atomic E-state index is 12.3. The van der Waals surface area contributed by atoms with Crippen molar-refractivity contribution in [1.82, 2.24) is 16.0 Å². The van der Waals surface area contributed by atoms with Crippen molar-refractivity contribution >= 4 is 11.8 Å². The van der Waals surface area contributed by atoms with E-state index >= 15 is 0 Å². The number of carbonyl (C=O) groups is 2. The summed E-state index contributed by atoms with van der Waals surface area (Å²) >= 11 is 0. The largest absolute Gasteiger partial charge is 0.494 e. The highest BCUT2D eigenvalue weighted by atomic mass is 16.5. The number of aryl methyl sites for hydroxylation is 2. The van der Waals surface area contributed by atoms with E-state index in [0.717, 1.165) is 17.1 Å². The van der Waals surface area contributed by atoms with Crippen LogP contribution in [0.15, 0.2) is 53.1 Å². The molecule has 30 heavy (non-hydrogen) atoms. The molecule has 2 amide bonds. The molecule has 2 N–H and O–H groups in total. The van der Waals surface area contributed by atoms with Gasteiger partial charge >= 0.3 is 0 Å². The Morgan fingerprint density at radius 1 is 0.900 bits per heavy atom. The summed E-state index contributed by atoms with van der Waals surface area (Å²) in [4.78, 5) is 24.4. The average molecular weight is 409 g/mol. The summed E-state index contributed by atoms with van der Waals surface area (Å²) in [6.45, 7) is 6.19. The Hall–Kier alpha value is -3.81. The second-order valence-corrected chi connectivity index (χ2v) is 6.50. The molecule has 1 heterocycles. The highest BCUT2D eigenvalue weighted by Gasteiger charge is 2.18. The van der Waals surface area contributed by atoms with E-state index in [0.29, 0.717) is 35.8 Å². The number of hydrazine groups is 1. The van der Waals surface area contributed by atoms with E-state index in [4.69, 9.17) is 14.0 Å². The lowest BCUT2D eigenvalue weighted by Gasteiger charge is -2.09. The number of nitrogens with zero attached hydrogens (tertiary/aromatic N) is 1. The molecule has 0 bridgehead atoms. The SMILES string of the molecule is CCOc1ccc(OCc2ccc(C(=O)NNC(=O)c3c(C)noc3C)cc2)cc1. The zero-order valence-electron chi connectivity index (χ0n) is 17.0. The van der Waals surface area contributed by atoms with Crippen LogP contribution in [0.1, 0.15) is 44.7 Å². The van der Waals surface area contributed by atoms with Crippen LogP contribution in [0, 0.1) is 13.8 Å². The van der Waals surface area contributed by atoms with Crippen LogP contribution in [0.5, 0.6) is 11.5 Å². The number of amides is 2. The lowest BCUT2D eigenvalue weighted by atomic mass is 10.1. The number of nitrogens with one attached hydrogen (secondary N) is 2. The molecule has 0 radical (unpaired) electrons. The highest BCUT2D eigenvalue weighted by molar-refractivity contribution is 6.00. The van der Waals surface area contributed by atoms with Gasteiger partial charge in [-0.1, -0.05) is 17.3 Å². The third-order valence-corrected chi connectivity index (χ3v) is 4.31. The second-order valence-electron chi connectivity index (χ2n) is 6.50. The molecule has 8 heteroatoms. The van der Waals surface area contributed by atoms with Gasteiger partial charge in [-0.05, 0) is 62.7 Å². The molecular weight excluding hydrogens is 386 g/mol. The van der Waals surface area contributed by atoms with E-state index < -0.39 is 11.8 Å². The molecule has 0 aliphatic carbocycles. The van der Waals surface area contributed by atoms with Crippen molar-refractivity contribution in [3.05, 3.63) is 76.7 Å². The summed E-state index contributed by atoms with van der Waals surface area (Å²) in [6.07, 6.45) is 0. The molecule has 0 unspecified atom stereocenters. The van der Waals surface area contributed by atoms with Gasteiger partial charge in [-0.2, -0.15) is 0 Å². The van der Waals surface area contributed by atoms with Crippen molar-refractivity contribution in [2.75, 3.05) is 6.61 Å². The quantitative estimate of drug-likeness (QED) is 0.580. The monoisotopic (exact) mass is 409 g/mol. The first-order chi connectivity index (χ1) is 14.5. The topological polar surface area (TPSA) is 103 Å². The molecule has 156 valence electrons. The molecule has 2 aromatic carbocycles. The second kappa shape index (κ2) is 9.60. The van der Waals surface area contributed by atoms with Gasteiger partial charge in [-0.15, -0.1) is 0 Å². The maximum absolute atomic E-state index is 12.3. The van der Waals surface area contributed by atoms with E-state index in [1.165, 1.54) is 0 Å². The van der Waals surface area contributed by atoms with Gasteiger partial charge in [0.05, 0.1) is 12.3 Å². The lowest BCUT2D eigenvalue weighted by Crippen LogP contribution is -2.42. The van der Waals surface area contributed by atoms with Crippen LogP contribution in [-0.4, -0.2) is 23.6 Å². The summed E-state index contributed by atoms with van der Waals surface area (Å²) in [5.74, 6) is 0.981. The van der Waals surface area contributed by atoms with Gasteiger partial charge in [-0.3, -0.25) is 20.4 Å². The number of hydrogen-bond acceptors (Lipinski definition) is 6. The fraction of sp³-hybridized carbons (Fsp3) is 0.227. The van der Waals surface area contributed by atoms with Crippen molar-refractivity contribution in [2.24, 2.45) is 0 Å². The highest BCUT2D eigenvalue weighted by Crippen LogP contribution is 2.19. The van der Waals surface area contributed by atoms with E-state index in [1.807, 2.05) is 31.2 Å². The van der Waals surface area contributed by atoms with Gasteiger partial charge in [-0.25, -0.2) is 0 Å². The Morgan fingerprint density at radius 2 is 1.50 bits per heavy atom. The third-order valence-electron chi connectivity index (χ3n) is 4.31. The zero-order valence-corrected chi connectivity index (χ0v) is 17.0. The van der Waals surface area contributed by atoms with Gasteiger partial charge in [0, 0.05) is 5.56 Å². The summed E-state index contributed by atoms with van der Waals surface area (Å²) in [5, 5.41) is 3.72. The van der Waals surface area contributed by atoms with E-state index in [2.05, 4.69) is 16.0 Å². The summed E-state index contributed by atoms with van der Waals surface area (Å²) in [6, 6.07) is 14.3. The van der Waals surface area contributed by atoms with Gasteiger partial charge in [0.15, 0.2) is 0 Å². The van der Waals surface area contributed by atoms with Crippen LogP contribution in [0.2, 0.25) is 0 Å². The first-order valence-corrected chi connectivity index (χ1v) is 9.46. The zero-order chi connectivity index (χ0) is 21.5. The van der Waals surface area contributed by atoms with E-state index in [1.54, 1.807) is 38.1 Å². The molecule has 8 nitrogen and oxygen atoms in total. The molecule has 3 rings (SSSR count). The number of ether oxygens (including phenoxy) is 2. The standard InChI is InChI=1S/C22H23N3O5/c1-4-28-18-9-11-19(12-10-18)29-13-16-5-7-17(8-6-16)21(26)23-24-22(27)20-14(2)25-30-15(20)3/h5-12H,4,13H2,1-3H3,(H,23,26)(H,24,27). The van der Waals surface area contributed by atoms with Crippen LogP contribution < -0.4 is 20.3 Å². The van der Waals surface area contributed by atoms with Crippen LogP contribution >= 0.6 is 0 Å². The van der Waals surface area contributed by atoms with Crippen molar-refractivity contribution in [3.63, 3.8) is 0 Å². The fourth-order valence-corrected chi connectivity index (χ4v) is 2.77. The van der Waals surface area contributed by atoms with Crippen LogP contribution in [0.25, 0.3) is 0 Å². The number of aromatic nitrogens is 1. The Morgan fingerprint density at radius 3 is 2.07 bits per heavy atom. The van der Waals surface area contributed by atoms with Crippen LogP contribution in [-0.2, 0) is 6.61 Å². The van der Waals surface area contributed by atoms with Gasteiger partial charge in [0.2, 0.25) is 0 Å². The molecule has 0 spiro atoms. The van der Waals surface area contributed by atoms with Crippen molar-refractivity contribution in [3.8, 4) is 11.5 Å². The van der Waals surface area contributed by atoms with E-state index in [-0.39, 0.29) is 0 Å². The first-order valence-electron chi connectivity index (χ1n) is 9.46. The van der Waals surface area contributed by atoms with Crippen LogP contribution in [0.3, 0.4) is 0 Å². The minimum absolute atomic E-state index is 0.303. The van der Waals surface area contributed by atoms with Gasteiger partial charge in [0.1, 0.15) is 29.4 Å². The normalized spacial score (nSPS) is 10.4. The van der Waals surface area contributed by atoms with Gasteiger partial charge in [0.25, 0.3) is 11.8 Å². The summed E-state index contributed by atoms with van der Waals surface area (Å²) in [5.41, 5.74) is 6.81. The molecule has 0 aliphatic heterocycles. The van der Waals surface area contributed by atoms with Crippen molar-refractivity contribution in [2.45, 2.75) is 27.4 Å². The molecule has 0 saturated heterocycles. The maximum Gasteiger partial charge on any atom is 0.275 e. The summed E-state index contributed by atoms with van der Waals surface area (Å²) in [7, 11) is 0. The van der Waals surface area contributed by atoms with Gasteiger partial charge < -0.3 is 14.0 Å². The van der Waals surface area contributed by atoms with Crippen LogP contribution in [0.4, 0.5) is 0 Å². The molecular formula is C22H23N3O5. The minimum Gasteiger partial charge on any atom is -0.494 e. The molecule has 0 saturated carbocycles. The molecule has 0 atom stereocenters. The molecule has 0 fully saturated rings. The predicted molar refractivity (Wildman–Crippen MR) is 109 cm³/mol. The fourth-order valence-electron chi connectivity index (χ4n) is 2.77. The molecule has 1 aromatic heterocycles. The first kappa shape index (κ1) is 20.9. The summed E-state index contributed by atoms with van der Waals surface area (Å²) < 4.78 is 16.1. The Labute approximate surface area is 174 Å². The minimum atomic E-state index is -0.486. The van der Waals surface area contributed by atoms with E-state index in [9.17, 15) is 9.59 Å². The molecule has 0 aliphatic rings. The molecule has 3 aromatic rings. The number of hydrogen-bond donors (Lipinski definition) is 2. The number of benzene rings is 2. The van der Waals surface area contributed by atoms with Crippen molar-refractivity contribution < 1.29 is 23.6 Å². The Balaban J connectivity index is 1.51. The predicted octanol–water partition coefficient (Wildman–Crippen LogP) is 3.34. The lowest BCUT2D eigenvalue weighted by molar-refractivity contribution is 0.0845. The number of rotatable bonds is 7. The Kier molecular flexibility index (Phi) is 6.69. The smallest absolute Gasteiger partial charge is 0.275 e. The third kappa shape index (κ3) is 5.16. The average Bonchev–Trinajstić information content (AvgIpc) is 3.10. The Bertz CT molecular complexity index is 991. The number of carbonyl (C=O) groups excluding carboxylic acids is 2. The van der Waals surface area contributed by atoms with Crippen molar-refractivity contribution in [1.29, 1.82) is 0 Å².